The van der Waals surface area contributed by atoms with E-state index in [0.717, 1.165) is 11.4 Å². The molecular formula is C16H28N2OS. The molecule has 1 aliphatic rings. The van der Waals surface area contributed by atoms with Gasteiger partial charge < -0.3 is 10.5 Å². The number of nitrogens with zero attached hydrogens (tertiary/aromatic N) is 1. The minimum atomic E-state index is 0.115. The fourth-order valence-corrected chi connectivity index (χ4v) is 4.21. The van der Waals surface area contributed by atoms with Gasteiger partial charge in [0.2, 0.25) is 0 Å². The van der Waals surface area contributed by atoms with Crippen LogP contribution in [0.15, 0.2) is 5.38 Å². The van der Waals surface area contributed by atoms with Gasteiger partial charge in [-0.15, -0.1) is 11.3 Å². The normalized spacial score (nSPS) is 32.5. The lowest BCUT2D eigenvalue weighted by Crippen LogP contribution is -2.39. The third-order valence-electron chi connectivity index (χ3n) is 4.54. The van der Waals surface area contributed by atoms with Gasteiger partial charge in [-0.3, -0.25) is 0 Å². The molecule has 0 radical (unpaired) electrons. The molecule has 1 aromatic heterocycles. The maximum Gasteiger partial charge on any atom is 0.0944 e. The Balaban J connectivity index is 2.05. The molecule has 1 saturated heterocycles. The molecule has 0 bridgehead atoms. The zero-order valence-corrected chi connectivity index (χ0v) is 14.3. The number of aromatic nitrogens is 1. The van der Waals surface area contributed by atoms with Crippen LogP contribution in [0, 0.1) is 11.8 Å². The zero-order chi connectivity index (χ0) is 15.1. The van der Waals surface area contributed by atoms with Crippen molar-refractivity contribution in [1.29, 1.82) is 0 Å². The molecule has 5 atom stereocenters. The Bertz CT molecular complexity index is 452. The maximum atomic E-state index is 6.46. The molecule has 2 N–H and O–H groups in total. The lowest BCUT2D eigenvalue weighted by Gasteiger charge is -2.25. The molecule has 0 amide bonds. The summed E-state index contributed by atoms with van der Waals surface area (Å²) in [6, 6.07) is 0.129. The Morgan fingerprint density at radius 1 is 1.30 bits per heavy atom. The van der Waals surface area contributed by atoms with Crippen LogP contribution in [0.25, 0.3) is 0 Å². The van der Waals surface area contributed by atoms with E-state index in [1.165, 1.54) is 5.69 Å². The summed E-state index contributed by atoms with van der Waals surface area (Å²) in [4.78, 5) is 4.76. The first-order valence-electron chi connectivity index (χ1n) is 7.56. The van der Waals surface area contributed by atoms with Crippen LogP contribution < -0.4 is 5.73 Å². The number of rotatable bonds is 3. The van der Waals surface area contributed by atoms with E-state index in [9.17, 15) is 0 Å². The fraction of sp³-hybridized carbons (Fsp3) is 0.812. The highest BCUT2D eigenvalue weighted by Gasteiger charge is 2.40. The molecule has 2 heterocycles. The third kappa shape index (κ3) is 3.23. The Kier molecular flexibility index (Phi) is 4.57. The van der Waals surface area contributed by atoms with Crippen LogP contribution in [0.5, 0.6) is 0 Å². The van der Waals surface area contributed by atoms with Crippen LogP contribution in [0.2, 0.25) is 0 Å². The van der Waals surface area contributed by atoms with Crippen molar-refractivity contribution in [2.24, 2.45) is 17.6 Å². The van der Waals surface area contributed by atoms with Crippen LogP contribution in [-0.2, 0) is 16.6 Å². The number of nitrogens with two attached hydrogens (primary N) is 1. The van der Waals surface area contributed by atoms with Gasteiger partial charge in [0, 0.05) is 29.2 Å². The first-order valence-corrected chi connectivity index (χ1v) is 8.44. The van der Waals surface area contributed by atoms with Crippen molar-refractivity contribution in [3.8, 4) is 0 Å². The first-order chi connectivity index (χ1) is 9.20. The van der Waals surface area contributed by atoms with Gasteiger partial charge in [-0.05, 0) is 19.8 Å². The van der Waals surface area contributed by atoms with Crippen molar-refractivity contribution >= 4 is 11.3 Å². The van der Waals surface area contributed by atoms with Crippen molar-refractivity contribution in [3.63, 3.8) is 0 Å². The molecule has 0 saturated carbocycles. The van der Waals surface area contributed by atoms with E-state index < -0.39 is 0 Å². The largest absolute Gasteiger partial charge is 0.375 e. The summed E-state index contributed by atoms with van der Waals surface area (Å²) in [5.74, 6) is 0.939. The molecule has 0 spiro atoms. The van der Waals surface area contributed by atoms with Crippen molar-refractivity contribution in [2.75, 3.05) is 0 Å². The molecule has 2 rings (SSSR count). The highest BCUT2D eigenvalue weighted by molar-refractivity contribution is 7.09. The lowest BCUT2D eigenvalue weighted by atomic mass is 9.82. The molecule has 5 unspecified atom stereocenters. The van der Waals surface area contributed by atoms with Gasteiger partial charge in [0.25, 0.3) is 0 Å². The van der Waals surface area contributed by atoms with Crippen LogP contribution in [0.3, 0.4) is 0 Å². The van der Waals surface area contributed by atoms with Crippen molar-refractivity contribution in [1.82, 2.24) is 4.98 Å². The van der Waals surface area contributed by atoms with Crippen molar-refractivity contribution in [2.45, 2.75) is 71.6 Å². The predicted octanol–water partition coefficient (Wildman–Crippen LogP) is 3.37. The van der Waals surface area contributed by atoms with E-state index in [1.807, 2.05) is 0 Å². The summed E-state index contributed by atoms with van der Waals surface area (Å²) in [7, 11) is 0. The quantitative estimate of drug-likeness (QED) is 0.930. The fourth-order valence-electron chi connectivity index (χ4n) is 3.12. The Morgan fingerprint density at radius 3 is 2.40 bits per heavy atom. The molecular weight excluding hydrogens is 268 g/mol. The van der Waals surface area contributed by atoms with Crippen LogP contribution in [0.4, 0.5) is 0 Å². The van der Waals surface area contributed by atoms with Crippen molar-refractivity contribution < 1.29 is 4.74 Å². The highest BCUT2D eigenvalue weighted by atomic mass is 32.1. The molecule has 20 heavy (non-hydrogen) atoms. The zero-order valence-electron chi connectivity index (χ0n) is 13.5. The van der Waals surface area contributed by atoms with Gasteiger partial charge in [0.15, 0.2) is 0 Å². The average molecular weight is 296 g/mol. The topological polar surface area (TPSA) is 48.1 Å². The van der Waals surface area contributed by atoms with Crippen LogP contribution >= 0.6 is 11.3 Å². The van der Waals surface area contributed by atoms with Gasteiger partial charge in [-0.25, -0.2) is 4.98 Å². The molecule has 1 aliphatic heterocycles. The molecule has 3 nitrogen and oxygen atoms in total. The summed E-state index contributed by atoms with van der Waals surface area (Å²) in [6.45, 7) is 13.1. The number of hydrogen-bond acceptors (Lipinski definition) is 4. The second kappa shape index (κ2) is 5.74. The smallest absolute Gasteiger partial charge is 0.0944 e. The average Bonchev–Trinajstić information content (AvgIpc) is 2.85. The molecule has 4 heteroatoms. The van der Waals surface area contributed by atoms with Gasteiger partial charge in [-0.1, -0.05) is 27.7 Å². The van der Waals surface area contributed by atoms with E-state index in [0.29, 0.717) is 17.9 Å². The highest BCUT2D eigenvalue weighted by Crippen LogP contribution is 2.35. The third-order valence-corrected chi connectivity index (χ3v) is 5.41. The molecule has 0 aromatic carbocycles. The monoisotopic (exact) mass is 296 g/mol. The van der Waals surface area contributed by atoms with Crippen molar-refractivity contribution in [3.05, 3.63) is 16.1 Å². The van der Waals surface area contributed by atoms with Gasteiger partial charge in [0.05, 0.1) is 22.9 Å². The second-order valence-electron chi connectivity index (χ2n) is 7.23. The standard InChI is InChI=1S/C16H28N2OS/c1-9-10(2)19-11(3)15(9)12(17)7-14-18-13(8-20-14)16(4,5)6/h8-12,15H,7,17H2,1-6H3. The summed E-state index contributed by atoms with van der Waals surface area (Å²) in [6.07, 6.45) is 1.41. The SMILES string of the molecule is CC1OC(C)C(C(N)Cc2nc(C(C)(C)C)cs2)C1C. The summed E-state index contributed by atoms with van der Waals surface area (Å²) in [5.41, 5.74) is 7.74. The summed E-state index contributed by atoms with van der Waals surface area (Å²) in [5, 5.41) is 3.32. The Hall–Kier alpha value is -0.450. The minimum Gasteiger partial charge on any atom is -0.375 e. The molecule has 114 valence electrons. The second-order valence-corrected chi connectivity index (χ2v) is 8.17. The minimum absolute atomic E-state index is 0.115. The van der Waals surface area contributed by atoms with E-state index in [4.69, 9.17) is 15.5 Å². The summed E-state index contributed by atoms with van der Waals surface area (Å²) < 4.78 is 5.91. The van der Waals surface area contributed by atoms with E-state index in [-0.39, 0.29) is 17.6 Å². The number of hydrogen-bond donors (Lipinski definition) is 1. The molecule has 1 aromatic rings. The van der Waals surface area contributed by atoms with Crippen LogP contribution in [0.1, 0.15) is 52.2 Å². The predicted molar refractivity (Wildman–Crippen MR) is 85.2 cm³/mol. The van der Waals surface area contributed by atoms with E-state index in [2.05, 4.69) is 46.9 Å². The van der Waals surface area contributed by atoms with E-state index in [1.54, 1.807) is 11.3 Å². The van der Waals surface area contributed by atoms with Gasteiger partial charge in [-0.2, -0.15) is 0 Å². The number of ether oxygens (including phenoxy) is 1. The Morgan fingerprint density at radius 2 is 1.95 bits per heavy atom. The first kappa shape index (κ1) is 15.9. The Labute approximate surface area is 126 Å². The maximum absolute atomic E-state index is 6.46. The summed E-state index contributed by atoms with van der Waals surface area (Å²) >= 11 is 1.73. The molecule has 0 aliphatic carbocycles. The number of thiazole rings is 1. The van der Waals surface area contributed by atoms with Crippen LogP contribution in [-0.4, -0.2) is 23.2 Å². The van der Waals surface area contributed by atoms with E-state index >= 15 is 0 Å². The lowest BCUT2D eigenvalue weighted by molar-refractivity contribution is 0.0490. The van der Waals surface area contributed by atoms with Gasteiger partial charge in [0.1, 0.15) is 0 Å². The van der Waals surface area contributed by atoms with Gasteiger partial charge >= 0.3 is 0 Å². The molecule has 1 fully saturated rings.